The highest BCUT2D eigenvalue weighted by Gasteiger charge is 2.60. The van der Waals surface area contributed by atoms with Gasteiger partial charge in [0.15, 0.2) is 24.5 Å². The Morgan fingerprint density at radius 2 is 1.43 bits per heavy atom. The molecular formula is C21H41N7O12. The van der Waals surface area contributed by atoms with Crippen LogP contribution in [0.1, 0.15) is 6.92 Å². The third-order valence-corrected chi connectivity index (χ3v) is 7.49. The summed E-state index contributed by atoms with van der Waals surface area (Å²) in [4.78, 5) is 7.66. The molecule has 2 heterocycles. The first-order valence-electron chi connectivity index (χ1n) is 12.5. The summed E-state index contributed by atoms with van der Waals surface area (Å²) >= 11 is 0. The number of ether oxygens (including phenoxy) is 4. The molecule has 0 aromatic heterocycles. The normalized spacial score (nSPS) is 47.5. The van der Waals surface area contributed by atoms with Crippen LogP contribution in [0, 0.1) is 0 Å². The Labute approximate surface area is 229 Å². The van der Waals surface area contributed by atoms with Crippen molar-refractivity contribution >= 4 is 11.9 Å². The molecule has 232 valence electrons. The van der Waals surface area contributed by atoms with Crippen LogP contribution in [0.4, 0.5) is 0 Å². The van der Waals surface area contributed by atoms with Gasteiger partial charge in [0.2, 0.25) is 0 Å². The lowest BCUT2D eigenvalue weighted by molar-refractivity contribution is -0.317. The highest BCUT2D eigenvalue weighted by atomic mass is 16.8. The van der Waals surface area contributed by atoms with Crippen LogP contribution in [0.25, 0.3) is 0 Å². The van der Waals surface area contributed by atoms with Crippen molar-refractivity contribution in [1.29, 1.82) is 0 Å². The second kappa shape index (κ2) is 12.9. The third kappa shape index (κ3) is 6.11. The van der Waals surface area contributed by atoms with E-state index in [-0.39, 0.29) is 0 Å². The smallest absolute Gasteiger partial charge is 0.187 e. The van der Waals surface area contributed by atoms with Gasteiger partial charge in [-0.05, 0) is 14.0 Å². The fourth-order valence-electron chi connectivity index (χ4n) is 5.17. The van der Waals surface area contributed by atoms with Crippen molar-refractivity contribution in [3.05, 3.63) is 0 Å². The van der Waals surface area contributed by atoms with Crippen molar-refractivity contribution in [2.24, 2.45) is 32.9 Å². The summed E-state index contributed by atoms with van der Waals surface area (Å²) in [5, 5.41) is 87.0. The van der Waals surface area contributed by atoms with Crippen molar-refractivity contribution in [1.82, 2.24) is 5.32 Å². The molecule has 0 unspecified atom stereocenters. The molecule has 0 amide bonds. The summed E-state index contributed by atoms with van der Waals surface area (Å²) in [6.45, 7) is -0.199. The van der Waals surface area contributed by atoms with Gasteiger partial charge < -0.3 is 88.1 Å². The van der Waals surface area contributed by atoms with Crippen LogP contribution in [0.2, 0.25) is 0 Å². The molecule has 0 spiro atoms. The van der Waals surface area contributed by atoms with Gasteiger partial charge in [-0.15, -0.1) is 0 Å². The van der Waals surface area contributed by atoms with Gasteiger partial charge in [0.05, 0.1) is 25.4 Å². The first kappa shape index (κ1) is 32.5. The Hall–Kier alpha value is -1.98. The third-order valence-electron chi connectivity index (χ3n) is 7.49. The van der Waals surface area contributed by atoms with E-state index in [1.807, 2.05) is 0 Å². The molecule has 1 aliphatic carbocycles. The molecule has 19 heteroatoms. The Bertz CT molecular complexity index is 911. The first-order chi connectivity index (χ1) is 18.7. The number of aliphatic hydroxyl groups is 8. The fourth-order valence-corrected chi connectivity index (χ4v) is 5.17. The molecule has 3 rings (SSSR count). The van der Waals surface area contributed by atoms with E-state index >= 15 is 0 Å². The number of rotatable bonds is 9. The molecule has 2 aliphatic heterocycles. The predicted molar refractivity (Wildman–Crippen MR) is 134 cm³/mol. The van der Waals surface area contributed by atoms with Gasteiger partial charge in [-0.3, -0.25) is 0 Å². The summed E-state index contributed by atoms with van der Waals surface area (Å²) in [5.41, 5.74) is 19.7. The number of hydrogen-bond acceptors (Lipinski definition) is 15. The highest BCUT2D eigenvalue weighted by molar-refractivity contribution is 5.76. The van der Waals surface area contributed by atoms with E-state index in [9.17, 15) is 40.9 Å². The molecule has 40 heavy (non-hydrogen) atoms. The Morgan fingerprint density at radius 1 is 0.825 bits per heavy atom. The van der Waals surface area contributed by atoms with E-state index in [1.165, 1.54) is 14.0 Å². The molecule has 3 aliphatic rings. The Balaban J connectivity index is 1.96. The number of guanidine groups is 2. The Morgan fingerprint density at radius 3 is 1.95 bits per heavy atom. The lowest BCUT2D eigenvalue weighted by Crippen LogP contribution is -2.66. The SMILES string of the molecule is CN[C@H]1[C@H](O[C@@H]2[C@H](O[C@@H]3[C@H](O)[C@@H](O)[C@H](N=C(N)N)[C@H](O)[C@@H]3N=C(N)N)O[C@@H](C)[C@@]2(O)CO)O[C@@H](CO)[C@H](O)[C@H]1O. The zero-order chi connectivity index (χ0) is 30.1. The van der Waals surface area contributed by atoms with Crippen LogP contribution >= 0.6 is 0 Å². The molecule has 1 saturated carbocycles. The molecule has 0 bridgehead atoms. The van der Waals surface area contributed by atoms with Crippen LogP contribution in [-0.4, -0.2) is 164 Å². The van der Waals surface area contributed by atoms with E-state index in [0.29, 0.717) is 0 Å². The summed E-state index contributed by atoms with van der Waals surface area (Å²) in [5.74, 6) is -1.01. The van der Waals surface area contributed by atoms with Crippen LogP contribution in [-0.2, 0) is 18.9 Å². The molecule has 2 saturated heterocycles. The molecule has 0 aromatic carbocycles. The second-order valence-corrected chi connectivity index (χ2v) is 10.0. The summed E-state index contributed by atoms with van der Waals surface area (Å²) in [7, 11) is 1.44. The largest absolute Gasteiger partial charge is 0.394 e. The van der Waals surface area contributed by atoms with E-state index in [1.54, 1.807) is 0 Å². The number of aliphatic imine (C=N–C) groups is 2. The maximum absolute atomic E-state index is 11.3. The van der Waals surface area contributed by atoms with Crippen LogP contribution in [0.5, 0.6) is 0 Å². The minimum atomic E-state index is -2.15. The summed E-state index contributed by atoms with van der Waals surface area (Å²) in [6.07, 6.45) is -16.9. The van der Waals surface area contributed by atoms with Crippen molar-refractivity contribution in [3.8, 4) is 0 Å². The quantitative estimate of drug-likeness (QED) is 0.0884. The number of hydrogen-bond donors (Lipinski definition) is 13. The van der Waals surface area contributed by atoms with E-state index in [4.69, 9.17) is 41.9 Å². The van der Waals surface area contributed by atoms with E-state index in [2.05, 4.69) is 15.3 Å². The lowest BCUT2D eigenvalue weighted by Gasteiger charge is -2.45. The van der Waals surface area contributed by atoms with Gasteiger partial charge in [0.25, 0.3) is 0 Å². The van der Waals surface area contributed by atoms with Gasteiger partial charge >= 0.3 is 0 Å². The van der Waals surface area contributed by atoms with Crippen LogP contribution in [0.15, 0.2) is 9.98 Å². The van der Waals surface area contributed by atoms with Gasteiger partial charge in [0, 0.05) is 0 Å². The predicted octanol–water partition coefficient (Wildman–Crippen LogP) is -8.37. The number of aliphatic hydroxyl groups excluding tert-OH is 7. The maximum Gasteiger partial charge on any atom is 0.187 e. The molecule has 0 radical (unpaired) electrons. The number of nitrogens with two attached hydrogens (primary N) is 4. The zero-order valence-electron chi connectivity index (χ0n) is 21.9. The van der Waals surface area contributed by atoms with E-state index in [0.717, 1.165) is 0 Å². The molecular weight excluding hydrogens is 542 g/mol. The minimum Gasteiger partial charge on any atom is -0.394 e. The zero-order valence-corrected chi connectivity index (χ0v) is 21.9. The topological polar surface area (TPSA) is 340 Å². The monoisotopic (exact) mass is 583 g/mol. The average molecular weight is 584 g/mol. The number of nitrogens with one attached hydrogen (secondary N) is 1. The molecule has 3 fully saturated rings. The molecule has 0 aromatic rings. The van der Waals surface area contributed by atoms with Crippen molar-refractivity contribution in [2.75, 3.05) is 20.3 Å². The summed E-state index contributed by atoms with van der Waals surface area (Å²) in [6, 6.07) is -4.00. The van der Waals surface area contributed by atoms with Gasteiger partial charge in [-0.25, -0.2) is 9.98 Å². The lowest BCUT2D eigenvalue weighted by atomic mass is 9.81. The number of nitrogens with zero attached hydrogens (tertiary/aromatic N) is 2. The number of likely N-dealkylation sites (N-methyl/N-ethyl adjacent to an activating group) is 1. The van der Waals surface area contributed by atoms with E-state index < -0.39 is 116 Å². The maximum atomic E-state index is 11.3. The molecule has 19 nitrogen and oxygen atoms in total. The van der Waals surface area contributed by atoms with Crippen LogP contribution in [0.3, 0.4) is 0 Å². The fraction of sp³-hybridized carbons (Fsp3) is 0.905. The first-order valence-corrected chi connectivity index (χ1v) is 12.5. The molecule has 15 atom stereocenters. The van der Waals surface area contributed by atoms with Crippen LogP contribution < -0.4 is 28.3 Å². The summed E-state index contributed by atoms with van der Waals surface area (Å²) < 4.78 is 23.2. The van der Waals surface area contributed by atoms with Crippen molar-refractivity contribution < 1.29 is 59.8 Å². The van der Waals surface area contributed by atoms with Gasteiger partial charge in [0.1, 0.15) is 66.5 Å². The van der Waals surface area contributed by atoms with Crippen molar-refractivity contribution in [2.45, 2.75) is 98.2 Å². The second-order valence-electron chi connectivity index (χ2n) is 10.0. The Kier molecular flexibility index (Phi) is 10.5. The minimum absolute atomic E-state index is 0.493. The average Bonchev–Trinajstić information content (AvgIpc) is 3.13. The van der Waals surface area contributed by atoms with Gasteiger partial charge in [-0.1, -0.05) is 0 Å². The highest BCUT2D eigenvalue weighted by Crippen LogP contribution is 2.39. The van der Waals surface area contributed by atoms with Crippen molar-refractivity contribution in [3.63, 3.8) is 0 Å². The standard InChI is InChI=1S/C21H41N7O12/c1-5-21(36,4-30)16(40-17-9(26-2)13(34)10(31)6(3-29)38-17)18(37-5)39-15-8(28-20(24)25)11(32)7(27-19(22)23)12(33)14(15)35/h5-18,26,29-36H,3-4H2,1-2H3,(H4,22,23,27)(H4,24,25,28)/t5-,6-,7+,8-,9+,10-,11-,12-,13-,14+,15-,16+,17-,18-,21-/m0/s1. The van der Waals surface area contributed by atoms with Gasteiger partial charge in [-0.2, -0.15) is 0 Å². The molecule has 17 N–H and O–H groups in total.